The average Bonchev–Trinajstić information content (AvgIpc) is 2.53. The van der Waals surface area contributed by atoms with Crippen LogP contribution in [-0.2, 0) is 6.54 Å². The van der Waals surface area contributed by atoms with E-state index < -0.39 is 0 Å². The van der Waals surface area contributed by atoms with E-state index in [0.717, 1.165) is 16.9 Å². The summed E-state index contributed by atoms with van der Waals surface area (Å²) in [4.78, 5) is 8.20. The van der Waals surface area contributed by atoms with Crippen LogP contribution in [0.1, 0.15) is 11.1 Å². The zero-order chi connectivity index (χ0) is 15.5. The van der Waals surface area contributed by atoms with Crippen molar-refractivity contribution in [1.29, 1.82) is 0 Å². The maximum atomic E-state index is 13.7. The summed E-state index contributed by atoms with van der Waals surface area (Å²) < 4.78 is 19.0. The summed E-state index contributed by atoms with van der Waals surface area (Å²) in [5, 5.41) is 3.91. The second kappa shape index (κ2) is 5.97. The maximum Gasteiger partial charge on any atom is 0.149 e. The summed E-state index contributed by atoms with van der Waals surface area (Å²) in [7, 11) is 1.65. The number of halogens is 1. The number of hydrogen-bond acceptors (Lipinski definition) is 4. The standard InChI is InChI=1S/C17H16FN3O/c1-11-8-12(6-7-15(11)22-2)9-19-17-13-4-3-5-14(18)16(13)20-10-21-17/h3-8,10H,9H2,1-2H3,(H,19,20,21). The molecule has 0 bridgehead atoms. The SMILES string of the molecule is COc1ccc(CNc2ncnc3c(F)cccc23)cc1C. The molecule has 0 saturated heterocycles. The molecular weight excluding hydrogens is 281 g/mol. The Morgan fingerprint density at radius 1 is 1.18 bits per heavy atom. The summed E-state index contributed by atoms with van der Waals surface area (Å²) in [6, 6.07) is 10.8. The number of anilines is 1. The monoisotopic (exact) mass is 297 g/mol. The number of methoxy groups -OCH3 is 1. The summed E-state index contributed by atoms with van der Waals surface area (Å²) >= 11 is 0. The predicted octanol–water partition coefficient (Wildman–Crippen LogP) is 3.70. The molecule has 0 fully saturated rings. The minimum Gasteiger partial charge on any atom is -0.496 e. The number of fused-ring (bicyclic) bond motifs is 1. The van der Waals surface area contributed by atoms with Crippen molar-refractivity contribution in [3.8, 4) is 5.75 Å². The topological polar surface area (TPSA) is 47.0 Å². The van der Waals surface area contributed by atoms with Crippen molar-refractivity contribution in [2.45, 2.75) is 13.5 Å². The maximum absolute atomic E-state index is 13.7. The number of nitrogens with one attached hydrogen (secondary N) is 1. The lowest BCUT2D eigenvalue weighted by Gasteiger charge is -2.10. The minimum atomic E-state index is -0.344. The lowest BCUT2D eigenvalue weighted by Crippen LogP contribution is -2.03. The third-order valence-corrected chi connectivity index (χ3v) is 3.53. The fourth-order valence-electron chi connectivity index (χ4n) is 2.43. The van der Waals surface area contributed by atoms with Gasteiger partial charge in [-0.25, -0.2) is 14.4 Å². The average molecular weight is 297 g/mol. The van der Waals surface area contributed by atoms with Gasteiger partial charge in [0.2, 0.25) is 0 Å². The summed E-state index contributed by atoms with van der Waals surface area (Å²) in [5.74, 6) is 1.14. The van der Waals surface area contributed by atoms with Crippen LogP contribution >= 0.6 is 0 Å². The molecule has 0 atom stereocenters. The van der Waals surface area contributed by atoms with Crippen LogP contribution in [-0.4, -0.2) is 17.1 Å². The molecule has 0 unspecified atom stereocenters. The Morgan fingerprint density at radius 2 is 2.05 bits per heavy atom. The Balaban J connectivity index is 1.85. The van der Waals surface area contributed by atoms with Crippen molar-refractivity contribution in [2.24, 2.45) is 0 Å². The Bertz CT molecular complexity index is 820. The molecule has 0 spiro atoms. The van der Waals surface area contributed by atoms with Crippen LogP contribution in [0.4, 0.5) is 10.2 Å². The lowest BCUT2D eigenvalue weighted by molar-refractivity contribution is 0.411. The Morgan fingerprint density at radius 3 is 2.82 bits per heavy atom. The van der Waals surface area contributed by atoms with Gasteiger partial charge in [-0.05, 0) is 36.2 Å². The molecule has 0 aliphatic rings. The van der Waals surface area contributed by atoms with Gasteiger partial charge in [-0.15, -0.1) is 0 Å². The van der Waals surface area contributed by atoms with Gasteiger partial charge in [-0.1, -0.05) is 18.2 Å². The summed E-state index contributed by atoms with van der Waals surface area (Å²) in [6.45, 7) is 2.59. The number of aryl methyl sites for hydroxylation is 1. The smallest absolute Gasteiger partial charge is 0.149 e. The van der Waals surface area contributed by atoms with Gasteiger partial charge in [0.25, 0.3) is 0 Å². The molecule has 4 nitrogen and oxygen atoms in total. The van der Waals surface area contributed by atoms with Crippen LogP contribution in [0.5, 0.6) is 5.75 Å². The third kappa shape index (κ3) is 2.70. The van der Waals surface area contributed by atoms with Gasteiger partial charge in [-0.3, -0.25) is 0 Å². The predicted molar refractivity (Wildman–Crippen MR) is 84.6 cm³/mol. The number of para-hydroxylation sites is 1. The molecule has 0 saturated carbocycles. The Labute approximate surface area is 128 Å². The summed E-state index contributed by atoms with van der Waals surface area (Å²) in [6.07, 6.45) is 1.37. The molecule has 22 heavy (non-hydrogen) atoms. The molecule has 1 N–H and O–H groups in total. The molecule has 2 aromatic carbocycles. The van der Waals surface area contributed by atoms with Crippen molar-refractivity contribution in [1.82, 2.24) is 9.97 Å². The molecule has 3 aromatic rings. The van der Waals surface area contributed by atoms with Crippen molar-refractivity contribution >= 4 is 16.7 Å². The van der Waals surface area contributed by atoms with Gasteiger partial charge in [0, 0.05) is 11.9 Å². The molecular formula is C17H16FN3O. The van der Waals surface area contributed by atoms with Crippen LogP contribution in [0.15, 0.2) is 42.7 Å². The van der Waals surface area contributed by atoms with E-state index in [1.165, 1.54) is 12.4 Å². The Kier molecular flexibility index (Phi) is 3.87. The molecule has 112 valence electrons. The van der Waals surface area contributed by atoms with Gasteiger partial charge in [0.05, 0.1) is 7.11 Å². The fraction of sp³-hybridized carbons (Fsp3) is 0.176. The number of ether oxygens (including phenoxy) is 1. The van der Waals surface area contributed by atoms with E-state index in [0.29, 0.717) is 23.3 Å². The number of hydrogen-bond donors (Lipinski definition) is 1. The molecule has 1 aromatic heterocycles. The number of aromatic nitrogens is 2. The van der Waals surface area contributed by atoms with E-state index in [-0.39, 0.29) is 5.82 Å². The first-order valence-electron chi connectivity index (χ1n) is 6.95. The van der Waals surface area contributed by atoms with Crippen molar-refractivity contribution in [3.63, 3.8) is 0 Å². The molecule has 1 heterocycles. The lowest BCUT2D eigenvalue weighted by atomic mass is 10.1. The zero-order valence-electron chi connectivity index (χ0n) is 12.4. The second-order valence-corrected chi connectivity index (χ2v) is 5.02. The van der Waals surface area contributed by atoms with E-state index >= 15 is 0 Å². The summed E-state index contributed by atoms with van der Waals surface area (Å²) in [5.41, 5.74) is 2.49. The van der Waals surface area contributed by atoms with E-state index in [9.17, 15) is 4.39 Å². The molecule has 0 aliphatic carbocycles. The van der Waals surface area contributed by atoms with Crippen LogP contribution in [0, 0.1) is 12.7 Å². The zero-order valence-corrected chi connectivity index (χ0v) is 12.4. The molecule has 0 radical (unpaired) electrons. The Hall–Kier alpha value is -2.69. The highest BCUT2D eigenvalue weighted by Gasteiger charge is 2.07. The van der Waals surface area contributed by atoms with E-state index in [1.807, 2.05) is 19.1 Å². The van der Waals surface area contributed by atoms with Crippen LogP contribution in [0.2, 0.25) is 0 Å². The molecule has 0 aliphatic heterocycles. The largest absolute Gasteiger partial charge is 0.496 e. The van der Waals surface area contributed by atoms with Crippen LogP contribution in [0.25, 0.3) is 10.9 Å². The van der Waals surface area contributed by atoms with Gasteiger partial charge >= 0.3 is 0 Å². The number of nitrogens with zero attached hydrogens (tertiary/aromatic N) is 2. The number of rotatable bonds is 4. The van der Waals surface area contributed by atoms with Gasteiger partial charge in [0.15, 0.2) is 0 Å². The van der Waals surface area contributed by atoms with E-state index in [4.69, 9.17) is 4.74 Å². The first kappa shape index (κ1) is 14.3. The first-order valence-corrected chi connectivity index (χ1v) is 6.95. The van der Waals surface area contributed by atoms with E-state index in [1.54, 1.807) is 19.2 Å². The van der Waals surface area contributed by atoms with E-state index in [2.05, 4.69) is 21.4 Å². The first-order chi connectivity index (χ1) is 10.7. The van der Waals surface area contributed by atoms with Gasteiger partial charge < -0.3 is 10.1 Å². The minimum absolute atomic E-state index is 0.325. The number of benzene rings is 2. The van der Waals surface area contributed by atoms with Crippen LogP contribution < -0.4 is 10.1 Å². The van der Waals surface area contributed by atoms with Crippen molar-refractivity contribution in [3.05, 3.63) is 59.7 Å². The van der Waals surface area contributed by atoms with Crippen LogP contribution in [0.3, 0.4) is 0 Å². The van der Waals surface area contributed by atoms with Gasteiger partial charge in [0.1, 0.15) is 29.2 Å². The van der Waals surface area contributed by atoms with Gasteiger partial charge in [-0.2, -0.15) is 0 Å². The molecule has 3 rings (SSSR count). The fourth-order valence-corrected chi connectivity index (χ4v) is 2.43. The highest BCUT2D eigenvalue weighted by atomic mass is 19.1. The quantitative estimate of drug-likeness (QED) is 0.797. The van der Waals surface area contributed by atoms with Crippen molar-refractivity contribution < 1.29 is 9.13 Å². The third-order valence-electron chi connectivity index (χ3n) is 3.53. The molecule has 0 amide bonds. The highest BCUT2D eigenvalue weighted by molar-refractivity contribution is 5.89. The highest BCUT2D eigenvalue weighted by Crippen LogP contribution is 2.23. The molecule has 5 heteroatoms. The normalized spacial score (nSPS) is 10.7. The van der Waals surface area contributed by atoms with Crippen molar-refractivity contribution in [2.75, 3.05) is 12.4 Å². The second-order valence-electron chi connectivity index (χ2n) is 5.02.